The summed E-state index contributed by atoms with van der Waals surface area (Å²) in [6.45, 7) is 0. The molecule has 7 nitrogen and oxygen atoms in total. The molecule has 1 atom stereocenters. The Kier molecular flexibility index (Phi) is 6.09. The molecule has 0 aliphatic carbocycles. The largest absolute Gasteiger partial charge is 0.383 e. The van der Waals surface area contributed by atoms with E-state index in [1.165, 1.54) is 5.56 Å². The Hall–Kier alpha value is -4.36. The number of para-hydroxylation sites is 1. The SMILES string of the molecule is Nc1nc(-c2ccncc2)nc2c(Nc3ccccc3)ncc(C[C@H](N)Cc3ccccc3)c12. The van der Waals surface area contributed by atoms with Crippen LogP contribution in [0.5, 0.6) is 0 Å². The van der Waals surface area contributed by atoms with Crippen LogP contribution in [0.4, 0.5) is 17.3 Å². The molecule has 0 bridgehead atoms. The van der Waals surface area contributed by atoms with E-state index in [1.807, 2.05) is 66.9 Å². The third-order valence-electron chi connectivity index (χ3n) is 5.63. The molecule has 2 aromatic carbocycles. The highest BCUT2D eigenvalue weighted by molar-refractivity contribution is 5.99. The molecule has 5 rings (SSSR count). The summed E-state index contributed by atoms with van der Waals surface area (Å²) in [6, 6.07) is 23.7. The lowest BCUT2D eigenvalue weighted by Crippen LogP contribution is -2.26. The maximum Gasteiger partial charge on any atom is 0.162 e. The predicted octanol–water partition coefficient (Wildman–Crippen LogP) is 4.53. The van der Waals surface area contributed by atoms with Gasteiger partial charge in [-0.2, -0.15) is 0 Å². The van der Waals surface area contributed by atoms with Crippen LogP contribution in [0.15, 0.2) is 91.4 Å². The number of nitrogens with two attached hydrogens (primary N) is 2. The van der Waals surface area contributed by atoms with Gasteiger partial charge in [-0.15, -0.1) is 0 Å². The zero-order valence-electron chi connectivity index (χ0n) is 18.6. The molecule has 7 heteroatoms. The fourth-order valence-corrected chi connectivity index (χ4v) is 4.04. The Bertz CT molecular complexity index is 1390. The van der Waals surface area contributed by atoms with Gasteiger partial charge in [0.05, 0.1) is 5.39 Å². The standard InChI is InChI=1S/C27H25N7/c28-21(15-18-7-3-1-4-8-18)16-20-17-31-27(32-22-9-5-2-6-10-22)24-23(20)25(29)34-26(33-24)19-11-13-30-14-12-19/h1-14,17,21H,15-16,28H2,(H,31,32)(H2,29,33,34)/t21-/m1/s1. The Labute approximate surface area is 197 Å². The average Bonchev–Trinajstić information content (AvgIpc) is 2.87. The zero-order chi connectivity index (χ0) is 23.3. The summed E-state index contributed by atoms with van der Waals surface area (Å²) in [4.78, 5) is 18.3. The molecule has 0 aliphatic heterocycles. The van der Waals surface area contributed by atoms with Crippen molar-refractivity contribution >= 4 is 28.2 Å². The number of aromatic nitrogens is 4. The summed E-state index contributed by atoms with van der Waals surface area (Å²) in [5, 5.41) is 4.15. The van der Waals surface area contributed by atoms with Gasteiger partial charge in [-0.3, -0.25) is 4.98 Å². The molecule has 0 saturated carbocycles. The third-order valence-corrected chi connectivity index (χ3v) is 5.63. The maximum atomic E-state index is 6.53. The number of rotatable bonds is 7. The van der Waals surface area contributed by atoms with Gasteiger partial charge in [0, 0.05) is 35.9 Å². The van der Waals surface area contributed by atoms with Crippen molar-refractivity contribution in [2.45, 2.75) is 18.9 Å². The van der Waals surface area contributed by atoms with E-state index in [0.717, 1.165) is 28.6 Å². The molecule has 5 aromatic rings. The summed E-state index contributed by atoms with van der Waals surface area (Å²) >= 11 is 0. The first-order chi connectivity index (χ1) is 16.7. The smallest absolute Gasteiger partial charge is 0.162 e. The molecule has 0 spiro atoms. The van der Waals surface area contributed by atoms with Crippen molar-refractivity contribution in [3.63, 3.8) is 0 Å². The first kappa shape index (κ1) is 21.5. The van der Waals surface area contributed by atoms with E-state index in [2.05, 4.69) is 27.4 Å². The van der Waals surface area contributed by atoms with Gasteiger partial charge in [0.2, 0.25) is 0 Å². The van der Waals surface area contributed by atoms with Crippen LogP contribution < -0.4 is 16.8 Å². The number of anilines is 3. The van der Waals surface area contributed by atoms with Gasteiger partial charge in [0.25, 0.3) is 0 Å². The van der Waals surface area contributed by atoms with Gasteiger partial charge in [-0.05, 0) is 48.2 Å². The minimum absolute atomic E-state index is 0.0976. The first-order valence-electron chi connectivity index (χ1n) is 11.1. The Morgan fingerprint density at radius 1 is 0.824 bits per heavy atom. The van der Waals surface area contributed by atoms with Crippen LogP contribution in [-0.2, 0) is 12.8 Å². The first-order valence-corrected chi connectivity index (χ1v) is 11.1. The van der Waals surface area contributed by atoms with Crippen molar-refractivity contribution < 1.29 is 0 Å². The predicted molar refractivity (Wildman–Crippen MR) is 137 cm³/mol. The summed E-state index contributed by atoms with van der Waals surface area (Å²) in [5.74, 6) is 1.54. The fourth-order valence-electron chi connectivity index (χ4n) is 4.04. The van der Waals surface area contributed by atoms with E-state index >= 15 is 0 Å². The summed E-state index contributed by atoms with van der Waals surface area (Å²) < 4.78 is 0. The molecular weight excluding hydrogens is 422 g/mol. The van der Waals surface area contributed by atoms with Crippen LogP contribution in [-0.4, -0.2) is 26.0 Å². The monoisotopic (exact) mass is 447 g/mol. The molecule has 0 unspecified atom stereocenters. The van der Waals surface area contributed by atoms with Crippen LogP contribution in [0.25, 0.3) is 22.3 Å². The van der Waals surface area contributed by atoms with Gasteiger partial charge in [0.15, 0.2) is 11.6 Å². The van der Waals surface area contributed by atoms with Gasteiger partial charge in [-0.1, -0.05) is 48.5 Å². The van der Waals surface area contributed by atoms with E-state index in [1.54, 1.807) is 12.4 Å². The molecule has 0 saturated heterocycles. The molecular formula is C27H25N7. The van der Waals surface area contributed by atoms with E-state index < -0.39 is 0 Å². The second-order valence-corrected chi connectivity index (χ2v) is 8.17. The molecule has 0 amide bonds. The molecule has 0 fully saturated rings. The molecule has 3 heterocycles. The number of nitrogens with one attached hydrogen (secondary N) is 1. The van der Waals surface area contributed by atoms with Gasteiger partial charge in [0.1, 0.15) is 11.3 Å². The van der Waals surface area contributed by atoms with E-state index in [9.17, 15) is 0 Å². The number of benzene rings is 2. The fraction of sp³-hybridized carbons (Fsp3) is 0.111. The molecule has 5 N–H and O–H groups in total. The van der Waals surface area contributed by atoms with Gasteiger partial charge in [-0.25, -0.2) is 15.0 Å². The normalized spacial score (nSPS) is 11.9. The van der Waals surface area contributed by atoms with E-state index in [4.69, 9.17) is 21.4 Å². The van der Waals surface area contributed by atoms with Crippen molar-refractivity contribution in [1.82, 2.24) is 19.9 Å². The van der Waals surface area contributed by atoms with Crippen LogP contribution in [0.2, 0.25) is 0 Å². The van der Waals surface area contributed by atoms with Crippen LogP contribution in [0.3, 0.4) is 0 Å². The number of nitrogen functional groups attached to an aromatic ring is 1. The van der Waals surface area contributed by atoms with Crippen LogP contribution in [0.1, 0.15) is 11.1 Å². The van der Waals surface area contributed by atoms with Crippen molar-refractivity contribution in [2.24, 2.45) is 5.73 Å². The molecule has 3 aromatic heterocycles. The van der Waals surface area contributed by atoms with Crippen LogP contribution >= 0.6 is 0 Å². The summed E-state index contributed by atoms with van der Waals surface area (Å²) in [6.07, 6.45) is 6.59. The molecule has 0 radical (unpaired) electrons. The molecule has 34 heavy (non-hydrogen) atoms. The van der Waals surface area contributed by atoms with Gasteiger partial charge < -0.3 is 16.8 Å². The minimum atomic E-state index is -0.0976. The van der Waals surface area contributed by atoms with Crippen molar-refractivity contribution in [1.29, 1.82) is 0 Å². The second-order valence-electron chi connectivity index (χ2n) is 8.17. The van der Waals surface area contributed by atoms with Crippen molar-refractivity contribution in [2.75, 3.05) is 11.1 Å². The van der Waals surface area contributed by atoms with Crippen LogP contribution in [0, 0.1) is 0 Å². The Morgan fingerprint density at radius 2 is 1.53 bits per heavy atom. The van der Waals surface area contributed by atoms with Crippen molar-refractivity contribution in [3.05, 3.63) is 103 Å². The van der Waals surface area contributed by atoms with E-state index in [-0.39, 0.29) is 6.04 Å². The quantitative estimate of drug-likeness (QED) is 0.336. The lowest BCUT2D eigenvalue weighted by atomic mass is 9.98. The highest BCUT2D eigenvalue weighted by Gasteiger charge is 2.18. The molecule has 0 aliphatic rings. The molecule has 168 valence electrons. The topological polar surface area (TPSA) is 116 Å². The van der Waals surface area contributed by atoms with E-state index in [0.29, 0.717) is 29.4 Å². The Balaban J connectivity index is 1.57. The van der Waals surface area contributed by atoms with Gasteiger partial charge >= 0.3 is 0 Å². The average molecular weight is 448 g/mol. The number of fused-ring (bicyclic) bond motifs is 1. The third kappa shape index (κ3) is 4.69. The minimum Gasteiger partial charge on any atom is -0.383 e. The number of nitrogens with zero attached hydrogens (tertiary/aromatic N) is 4. The maximum absolute atomic E-state index is 6.53. The number of hydrogen-bond acceptors (Lipinski definition) is 7. The summed E-state index contributed by atoms with van der Waals surface area (Å²) in [7, 11) is 0. The number of hydrogen-bond donors (Lipinski definition) is 3. The number of pyridine rings is 2. The Morgan fingerprint density at radius 3 is 2.26 bits per heavy atom. The summed E-state index contributed by atoms with van der Waals surface area (Å²) in [5.41, 5.74) is 17.6. The highest BCUT2D eigenvalue weighted by atomic mass is 15.0. The van der Waals surface area contributed by atoms with Crippen molar-refractivity contribution in [3.8, 4) is 11.4 Å². The zero-order valence-corrected chi connectivity index (χ0v) is 18.6. The lowest BCUT2D eigenvalue weighted by molar-refractivity contribution is 0.666. The lowest BCUT2D eigenvalue weighted by Gasteiger charge is -2.17. The highest BCUT2D eigenvalue weighted by Crippen LogP contribution is 2.31. The second kappa shape index (κ2) is 9.64.